The van der Waals surface area contributed by atoms with Gasteiger partial charge in [0.1, 0.15) is 18.2 Å². The third-order valence-corrected chi connectivity index (χ3v) is 5.59. The zero-order valence-corrected chi connectivity index (χ0v) is 20.4. The Kier molecular flexibility index (Phi) is 7.44. The number of aryl methyl sites for hydroxylation is 1. The quantitative estimate of drug-likeness (QED) is 0.344. The molecule has 0 saturated heterocycles. The molecule has 4 aromatic rings. The van der Waals surface area contributed by atoms with E-state index in [4.69, 9.17) is 0 Å². The third-order valence-electron chi connectivity index (χ3n) is 5.59. The summed E-state index contributed by atoms with van der Waals surface area (Å²) in [6.45, 7) is 5.47. The molecular formula is C28H28FN5O2. The Labute approximate surface area is 209 Å². The summed E-state index contributed by atoms with van der Waals surface area (Å²) in [6, 6.07) is 24.0. The number of benzene rings is 3. The maximum atomic E-state index is 13.5. The highest BCUT2D eigenvalue weighted by molar-refractivity contribution is 5.97. The number of anilines is 2. The van der Waals surface area contributed by atoms with Gasteiger partial charge >= 0.3 is 6.03 Å². The molecule has 1 heterocycles. The van der Waals surface area contributed by atoms with Crippen LogP contribution in [-0.2, 0) is 4.79 Å². The normalized spacial score (nSPS) is 10.8. The summed E-state index contributed by atoms with van der Waals surface area (Å²) >= 11 is 0. The van der Waals surface area contributed by atoms with Gasteiger partial charge in [-0.15, -0.1) is 0 Å². The van der Waals surface area contributed by atoms with Gasteiger partial charge in [0, 0.05) is 23.4 Å². The fraction of sp³-hybridized carbons (Fsp3) is 0.179. The van der Waals surface area contributed by atoms with Crippen molar-refractivity contribution >= 4 is 23.4 Å². The van der Waals surface area contributed by atoms with Crippen molar-refractivity contribution in [2.45, 2.75) is 26.8 Å². The second-order valence-corrected chi connectivity index (χ2v) is 8.74. The van der Waals surface area contributed by atoms with Gasteiger partial charge in [0.05, 0.1) is 11.4 Å². The molecule has 0 atom stereocenters. The van der Waals surface area contributed by atoms with Gasteiger partial charge in [0.2, 0.25) is 5.91 Å². The van der Waals surface area contributed by atoms with E-state index in [0.717, 1.165) is 11.1 Å². The second kappa shape index (κ2) is 10.9. The molecule has 4 rings (SSSR count). The first-order chi connectivity index (χ1) is 17.3. The van der Waals surface area contributed by atoms with Gasteiger partial charge in [-0.25, -0.2) is 13.9 Å². The minimum absolute atomic E-state index is 0.162. The minimum atomic E-state index is -0.383. The molecule has 0 radical (unpaired) electrons. The summed E-state index contributed by atoms with van der Waals surface area (Å²) < 4.78 is 15.1. The number of hydrogen-bond donors (Lipinski definition) is 2. The summed E-state index contributed by atoms with van der Waals surface area (Å²) in [5.74, 6) is -0.341. The van der Waals surface area contributed by atoms with Crippen LogP contribution in [0.4, 0.5) is 20.7 Å². The highest BCUT2D eigenvalue weighted by Gasteiger charge is 2.22. The Morgan fingerprint density at radius 2 is 1.67 bits per heavy atom. The van der Waals surface area contributed by atoms with E-state index in [1.54, 1.807) is 28.9 Å². The van der Waals surface area contributed by atoms with Gasteiger partial charge in [0.25, 0.3) is 0 Å². The Hall–Kier alpha value is -4.46. The van der Waals surface area contributed by atoms with Crippen LogP contribution in [0.15, 0.2) is 84.9 Å². The van der Waals surface area contributed by atoms with Crippen molar-refractivity contribution in [1.29, 1.82) is 0 Å². The van der Waals surface area contributed by atoms with Crippen LogP contribution in [0.25, 0.3) is 16.9 Å². The van der Waals surface area contributed by atoms with E-state index in [1.165, 1.54) is 17.0 Å². The van der Waals surface area contributed by atoms with E-state index < -0.39 is 0 Å². The second-order valence-electron chi connectivity index (χ2n) is 8.74. The van der Waals surface area contributed by atoms with Gasteiger partial charge in [-0.05, 0) is 62.7 Å². The summed E-state index contributed by atoms with van der Waals surface area (Å²) in [6.07, 6.45) is 0. The van der Waals surface area contributed by atoms with E-state index in [1.807, 2.05) is 69.3 Å². The monoisotopic (exact) mass is 485 g/mol. The zero-order chi connectivity index (χ0) is 25.7. The first-order valence-corrected chi connectivity index (χ1v) is 11.7. The lowest BCUT2D eigenvalue weighted by Gasteiger charge is -2.26. The fourth-order valence-corrected chi connectivity index (χ4v) is 3.74. The molecule has 0 bridgehead atoms. The van der Waals surface area contributed by atoms with Crippen molar-refractivity contribution in [3.63, 3.8) is 0 Å². The van der Waals surface area contributed by atoms with Gasteiger partial charge in [-0.3, -0.25) is 4.79 Å². The van der Waals surface area contributed by atoms with Crippen LogP contribution in [0.1, 0.15) is 19.4 Å². The molecule has 3 aromatic carbocycles. The highest BCUT2D eigenvalue weighted by atomic mass is 19.1. The largest absolute Gasteiger partial charge is 0.322 e. The molecular weight excluding hydrogens is 457 g/mol. The molecule has 0 fully saturated rings. The molecule has 0 aliphatic rings. The zero-order valence-electron chi connectivity index (χ0n) is 20.4. The number of aromatic nitrogens is 2. The molecule has 0 aliphatic heterocycles. The lowest BCUT2D eigenvalue weighted by Crippen LogP contribution is -2.44. The highest BCUT2D eigenvalue weighted by Crippen LogP contribution is 2.25. The van der Waals surface area contributed by atoms with Crippen LogP contribution in [0.5, 0.6) is 0 Å². The molecule has 0 saturated carbocycles. The molecule has 2 N–H and O–H groups in total. The number of halogens is 1. The predicted octanol–water partition coefficient (Wildman–Crippen LogP) is 5.87. The number of carbonyl (C=O) groups is 2. The van der Waals surface area contributed by atoms with Crippen molar-refractivity contribution in [2.75, 3.05) is 17.2 Å². The maximum absolute atomic E-state index is 13.5. The molecule has 7 nitrogen and oxygen atoms in total. The number of rotatable bonds is 7. The number of hydrogen-bond acceptors (Lipinski definition) is 3. The predicted molar refractivity (Wildman–Crippen MR) is 140 cm³/mol. The minimum Gasteiger partial charge on any atom is -0.313 e. The molecule has 36 heavy (non-hydrogen) atoms. The number of urea groups is 1. The van der Waals surface area contributed by atoms with Gasteiger partial charge in [0.15, 0.2) is 0 Å². The number of carbonyl (C=O) groups excluding carboxylic acids is 2. The van der Waals surface area contributed by atoms with Crippen molar-refractivity contribution < 1.29 is 14.0 Å². The first-order valence-electron chi connectivity index (χ1n) is 11.7. The van der Waals surface area contributed by atoms with Crippen LogP contribution in [-0.4, -0.2) is 39.2 Å². The molecule has 8 heteroatoms. The molecule has 3 amide bonds. The van der Waals surface area contributed by atoms with Crippen molar-refractivity contribution in [1.82, 2.24) is 14.7 Å². The van der Waals surface area contributed by atoms with Gasteiger partial charge < -0.3 is 15.5 Å². The molecule has 1 aromatic heterocycles. The maximum Gasteiger partial charge on any atom is 0.322 e. The van der Waals surface area contributed by atoms with Crippen LogP contribution in [0.2, 0.25) is 0 Å². The van der Waals surface area contributed by atoms with E-state index in [-0.39, 0.29) is 30.3 Å². The molecule has 0 aliphatic carbocycles. The summed E-state index contributed by atoms with van der Waals surface area (Å²) in [5.41, 5.74) is 3.79. The van der Waals surface area contributed by atoms with Crippen LogP contribution < -0.4 is 10.6 Å². The van der Waals surface area contributed by atoms with Crippen molar-refractivity contribution in [2.24, 2.45) is 0 Å². The Balaban J connectivity index is 1.56. The Bertz CT molecular complexity index is 1350. The first kappa shape index (κ1) is 24.7. The van der Waals surface area contributed by atoms with Crippen molar-refractivity contribution in [3.05, 3.63) is 96.3 Å². The van der Waals surface area contributed by atoms with Crippen LogP contribution in [0.3, 0.4) is 0 Å². The molecule has 0 unspecified atom stereocenters. The topological polar surface area (TPSA) is 79.3 Å². The number of nitrogens with one attached hydrogen (secondary N) is 2. The number of nitrogens with zero attached hydrogens (tertiary/aromatic N) is 3. The summed E-state index contributed by atoms with van der Waals surface area (Å²) in [7, 11) is 0. The lowest BCUT2D eigenvalue weighted by molar-refractivity contribution is -0.117. The van der Waals surface area contributed by atoms with Crippen LogP contribution >= 0.6 is 0 Å². The van der Waals surface area contributed by atoms with E-state index in [9.17, 15) is 14.0 Å². The van der Waals surface area contributed by atoms with Gasteiger partial charge in [-0.1, -0.05) is 42.5 Å². The average molecular weight is 486 g/mol. The van der Waals surface area contributed by atoms with Gasteiger partial charge in [-0.2, -0.15) is 5.10 Å². The Morgan fingerprint density at radius 1 is 0.944 bits per heavy atom. The Morgan fingerprint density at radius 3 is 2.33 bits per heavy atom. The number of amides is 3. The van der Waals surface area contributed by atoms with E-state index >= 15 is 0 Å². The average Bonchev–Trinajstić information content (AvgIpc) is 3.27. The van der Waals surface area contributed by atoms with Crippen LogP contribution in [0, 0.1) is 12.7 Å². The standard InChI is InChI=1S/C28H28FN5O2/c1-19(2)33(28(36)30-23-11-7-8-20(3)16-23)18-27(35)31-26-17-25(21-9-5-4-6-10-21)32-34(26)24-14-12-22(29)13-15-24/h4-17,19H,18H2,1-3H3,(H,30,36)(H,31,35). The SMILES string of the molecule is Cc1cccc(NC(=O)N(CC(=O)Nc2cc(-c3ccccc3)nn2-c2ccc(F)cc2)C(C)C)c1. The summed E-state index contributed by atoms with van der Waals surface area (Å²) in [5, 5.41) is 10.4. The molecule has 0 spiro atoms. The smallest absolute Gasteiger partial charge is 0.313 e. The van der Waals surface area contributed by atoms with E-state index in [0.29, 0.717) is 22.9 Å². The van der Waals surface area contributed by atoms with E-state index in [2.05, 4.69) is 15.7 Å². The lowest BCUT2D eigenvalue weighted by atomic mass is 10.1. The van der Waals surface area contributed by atoms with Crippen molar-refractivity contribution in [3.8, 4) is 16.9 Å². The fourth-order valence-electron chi connectivity index (χ4n) is 3.74. The molecule has 184 valence electrons. The summed E-state index contributed by atoms with van der Waals surface area (Å²) in [4.78, 5) is 27.5. The third kappa shape index (κ3) is 5.96.